The van der Waals surface area contributed by atoms with Crippen molar-refractivity contribution in [3.63, 3.8) is 0 Å². The van der Waals surface area contributed by atoms with Crippen LogP contribution in [0.5, 0.6) is 5.88 Å². The molecular formula is C26H28N6O4S. The van der Waals surface area contributed by atoms with Gasteiger partial charge in [0.25, 0.3) is 5.91 Å². The minimum atomic E-state index is -0.386. The quantitative estimate of drug-likeness (QED) is 0.396. The van der Waals surface area contributed by atoms with Gasteiger partial charge in [-0.05, 0) is 57.7 Å². The van der Waals surface area contributed by atoms with E-state index in [4.69, 9.17) is 4.74 Å². The number of nitrogens with one attached hydrogen (secondary N) is 3. The molecule has 1 aliphatic carbocycles. The van der Waals surface area contributed by atoms with Crippen LogP contribution < -0.4 is 25.6 Å². The fraction of sp³-hybridized carbons (Fsp3) is 0.346. The Balaban J connectivity index is 1.43. The Kier molecular flexibility index (Phi) is 6.55. The normalized spacial score (nSPS) is 18.6. The molecule has 1 aliphatic heterocycles. The van der Waals surface area contributed by atoms with Gasteiger partial charge in [0.05, 0.1) is 34.7 Å². The van der Waals surface area contributed by atoms with Gasteiger partial charge in [0.1, 0.15) is 9.71 Å². The van der Waals surface area contributed by atoms with Gasteiger partial charge in [0, 0.05) is 24.3 Å². The summed E-state index contributed by atoms with van der Waals surface area (Å²) in [5.41, 5.74) is 2.53. The van der Waals surface area contributed by atoms with Crippen LogP contribution in [0.2, 0.25) is 0 Å². The topological polar surface area (TPSA) is 126 Å². The molecule has 0 aromatic carbocycles. The average molecular weight is 521 g/mol. The number of thiophene rings is 1. The number of aryl methyl sites for hydroxylation is 1. The second-order valence-corrected chi connectivity index (χ2v) is 10.4. The number of aromatic nitrogens is 2. The number of hydrogen-bond donors (Lipinski definition) is 3. The molecular weight excluding hydrogens is 492 g/mol. The third-order valence-electron chi connectivity index (χ3n) is 6.41. The number of rotatable bonds is 7. The summed E-state index contributed by atoms with van der Waals surface area (Å²) in [7, 11) is 0. The van der Waals surface area contributed by atoms with Crippen LogP contribution in [-0.4, -0.2) is 46.0 Å². The van der Waals surface area contributed by atoms with Gasteiger partial charge in [0.15, 0.2) is 0 Å². The first-order valence-electron chi connectivity index (χ1n) is 12.1. The monoisotopic (exact) mass is 520 g/mol. The van der Waals surface area contributed by atoms with Crippen molar-refractivity contribution in [2.45, 2.75) is 58.2 Å². The Bertz CT molecular complexity index is 1420. The van der Waals surface area contributed by atoms with Crippen molar-refractivity contribution in [1.82, 2.24) is 20.6 Å². The Morgan fingerprint density at radius 3 is 2.70 bits per heavy atom. The van der Waals surface area contributed by atoms with Gasteiger partial charge in [-0.25, -0.2) is 14.8 Å². The minimum Gasteiger partial charge on any atom is -0.475 e. The largest absolute Gasteiger partial charge is 0.475 e. The third-order valence-corrected chi connectivity index (χ3v) is 7.50. The molecule has 4 heterocycles. The lowest BCUT2D eigenvalue weighted by molar-refractivity contribution is -0.117. The van der Waals surface area contributed by atoms with E-state index in [0.29, 0.717) is 44.5 Å². The number of amides is 4. The Morgan fingerprint density at radius 1 is 1.24 bits per heavy atom. The Labute approximate surface area is 218 Å². The van der Waals surface area contributed by atoms with Crippen molar-refractivity contribution < 1.29 is 19.1 Å². The molecule has 3 aromatic heterocycles. The molecule has 0 bridgehead atoms. The lowest BCUT2D eigenvalue weighted by atomic mass is 10.1. The molecule has 2 aliphatic rings. The fourth-order valence-corrected chi connectivity index (χ4v) is 5.82. The van der Waals surface area contributed by atoms with Crippen LogP contribution in [0.4, 0.5) is 21.9 Å². The maximum Gasteiger partial charge on any atom is 0.331 e. The van der Waals surface area contributed by atoms with Gasteiger partial charge in [-0.2, -0.15) is 0 Å². The molecule has 37 heavy (non-hydrogen) atoms. The molecule has 3 N–H and O–H groups in total. The standard InChI is InChI=1S/C26H28N6O4S/c1-5-19(33)29-15-6-7-16(11-15)30-24(34)23-22-21-17(8-9-27-25(21)37-23)32(26(35)31-22)18-12-28-20(10-14(18)4)36-13(2)3/h5,8-10,12-13,15-16H,1,6-7,11H2,2-4H3,(H,29,33)(H,30,34)(H,31,35)/t15-,16+/m0/s1. The highest BCUT2D eigenvalue weighted by Gasteiger charge is 2.35. The van der Waals surface area contributed by atoms with Gasteiger partial charge >= 0.3 is 6.03 Å². The number of carbonyl (C=O) groups is 3. The molecule has 2 atom stereocenters. The zero-order valence-corrected chi connectivity index (χ0v) is 21.6. The molecule has 5 rings (SSSR count). The van der Waals surface area contributed by atoms with E-state index in [-0.39, 0.29) is 36.0 Å². The van der Waals surface area contributed by atoms with E-state index >= 15 is 0 Å². The van der Waals surface area contributed by atoms with Crippen LogP contribution in [0.3, 0.4) is 0 Å². The average Bonchev–Trinajstić information content (AvgIpc) is 3.44. The van der Waals surface area contributed by atoms with Crippen LogP contribution in [0.15, 0.2) is 37.2 Å². The van der Waals surface area contributed by atoms with E-state index < -0.39 is 0 Å². The van der Waals surface area contributed by atoms with Gasteiger partial charge in [-0.3, -0.25) is 14.5 Å². The molecule has 0 radical (unpaired) electrons. The lowest BCUT2D eigenvalue weighted by Gasteiger charge is -2.29. The van der Waals surface area contributed by atoms with Crippen LogP contribution in [0.25, 0.3) is 10.2 Å². The summed E-state index contributed by atoms with van der Waals surface area (Å²) in [6.07, 6.45) is 6.64. The highest BCUT2D eigenvalue weighted by Crippen LogP contribution is 2.46. The van der Waals surface area contributed by atoms with Crippen LogP contribution in [0, 0.1) is 6.92 Å². The number of pyridine rings is 2. The second-order valence-electron chi connectivity index (χ2n) is 9.45. The number of nitrogens with zero attached hydrogens (tertiary/aromatic N) is 3. The molecule has 1 fully saturated rings. The smallest absolute Gasteiger partial charge is 0.331 e. The van der Waals surface area contributed by atoms with Crippen molar-refractivity contribution in [2.75, 3.05) is 10.2 Å². The van der Waals surface area contributed by atoms with E-state index in [1.54, 1.807) is 29.4 Å². The molecule has 0 spiro atoms. The zero-order valence-electron chi connectivity index (χ0n) is 20.8. The van der Waals surface area contributed by atoms with E-state index in [2.05, 4.69) is 32.5 Å². The molecule has 3 aromatic rings. The predicted octanol–water partition coefficient (Wildman–Crippen LogP) is 4.42. The SMILES string of the molecule is C=CC(=O)N[C@H]1CC[C@@H](NC(=O)c2sc3nccc4c3c2NC(=O)N4c2cnc(OC(C)C)cc2C)C1. The molecule has 10 nitrogen and oxygen atoms in total. The number of hydrogen-bond acceptors (Lipinski definition) is 7. The summed E-state index contributed by atoms with van der Waals surface area (Å²) in [6, 6.07) is 3.09. The minimum absolute atomic E-state index is 0.00716. The molecule has 0 unspecified atom stereocenters. The highest BCUT2D eigenvalue weighted by atomic mass is 32.1. The summed E-state index contributed by atoms with van der Waals surface area (Å²) >= 11 is 1.24. The van der Waals surface area contributed by atoms with Crippen molar-refractivity contribution in [3.8, 4) is 5.88 Å². The Hall–Kier alpha value is -3.99. The molecule has 1 saturated carbocycles. The molecule has 11 heteroatoms. The predicted molar refractivity (Wildman–Crippen MR) is 143 cm³/mol. The number of ether oxygens (including phenoxy) is 1. The molecule has 192 valence electrons. The van der Waals surface area contributed by atoms with Crippen LogP contribution >= 0.6 is 11.3 Å². The van der Waals surface area contributed by atoms with Crippen molar-refractivity contribution in [1.29, 1.82) is 0 Å². The van der Waals surface area contributed by atoms with Gasteiger partial charge in [-0.1, -0.05) is 6.58 Å². The van der Waals surface area contributed by atoms with E-state index in [1.807, 2.05) is 20.8 Å². The number of anilines is 3. The summed E-state index contributed by atoms with van der Waals surface area (Å²) in [5.74, 6) is -0.00216. The first-order chi connectivity index (χ1) is 17.7. The maximum atomic E-state index is 13.4. The second kappa shape index (κ2) is 9.81. The van der Waals surface area contributed by atoms with Crippen LogP contribution in [-0.2, 0) is 4.79 Å². The van der Waals surface area contributed by atoms with Crippen molar-refractivity contribution >= 4 is 56.5 Å². The van der Waals surface area contributed by atoms with Gasteiger partial charge in [0.2, 0.25) is 11.8 Å². The van der Waals surface area contributed by atoms with E-state index in [9.17, 15) is 14.4 Å². The first-order valence-corrected chi connectivity index (χ1v) is 13.0. The zero-order chi connectivity index (χ0) is 26.3. The van der Waals surface area contributed by atoms with E-state index in [0.717, 1.165) is 18.4 Å². The summed E-state index contributed by atoms with van der Waals surface area (Å²) in [4.78, 5) is 49.7. The molecule has 0 saturated heterocycles. The van der Waals surface area contributed by atoms with Gasteiger partial charge < -0.3 is 20.7 Å². The number of urea groups is 1. The summed E-state index contributed by atoms with van der Waals surface area (Å²) in [5, 5.41) is 9.57. The van der Waals surface area contributed by atoms with Crippen molar-refractivity contribution in [2.24, 2.45) is 0 Å². The molecule has 4 amide bonds. The van der Waals surface area contributed by atoms with Crippen molar-refractivity contribution in [3.05, 3.63) is 47.6 Å². The Morgan fingerprint density at radius 2 is 2.00 bits per heavy atom. The van der Waals surface area contributed by atoms with Gasteiger partial charge in [-0.15, -0.1) is 11.3 Å². The summed E-state index contributed by atoms with van der Waals surface area (Å²) < 4.78 is 5.69. The maximum absolute atomic E-state index is 13.4. The van der Waals surface area contributed by atoms with Crippen LogP contribution in [0.1, 0.15) is 48.3 Å². The lowest BCUT2D eigenvalue weighted by Crippen LogP contribution is -2.37. The fourth-order valence-electron chi connectivity index (χ4n) is 4.80. The van der Waals surface area contributed by atoms with E-state index in [1.165, 1.54) is 17.4 Å². The summed E-state index contributed by atoms with van der Waals surface area (Å²) in [6.45, 7) is 9.22. The third kappa shape index (κ3) is 4.74. The number of carbonyl (C=O) groups excluding carboxylic acids is 3. The highest BCUT2D eigenvalue weighted by molar-refractivity contribution is 7.21. The first kappa shape index (κ1) is 24.7.